The molecule has 1 N–H and O–H groups in total. The van der Waals surface area contributed by atoms with Crippen molar-refractivity contribution in [3.05, 3.63) is 28.4 Å². The van der Waals surface area contributed by atoms with Crippen LogP contribution in [0.4, 0.5) is 0 Å². The molecule has 1 aliphatic rings. The molecule has 1 aromatic heterocycles. The summed E-state index contributed by atoms with van der Waals surface area (Å²) < 4.78 is 8.65. The molecular formula is C13H15BrN2O2. The number of nitrogens with zero attached hydrogens (tertiary/aromatic N) is 2. The van der Waals surface area contributed by atoms with Crippen LogP contribution in [0.2, 0.25) is 0 Å². The van der Waals surface area contributed by atoms with Crippen molar-refractivity contribution in [2.75, 3.05) is 6.61 Å². The summed E-state index contributed by atoms with van der Waals surface area (Å²) in [5.74, 6) is 0. The molecule has 1 fully saturated rings. The molecule has 2 aromatic rings. The lowest BCUT2D eigenvalue weighted by Gasteiger charge is -2.23. The fourth-order valence-corrected chi connectivity index (χ4v) is 2.95. The second kappa shape index (κ2) is 4.99. The third-order valence-corrected chi connectivity index (χ3v) is 3.82. The highest BCUT2D eigenvalue weighted by Gasteiger charge is 2.19. The summed E-state index contributed by atoms with van der Waals surface area (Å²) >= 11 is 3.47. The van der Waals surface area contributed by atoms with Gasteiger partial charge in [-0.15, -0.1) is 0 Å². The molecule has 18 heavy (non-hydrogen) atoms. The first-order chi connectivity index (χ1) is 8.79. The maximum atomic E-state index is 9.39. The Hall–Kier alpha value is -0.910. The fraction of sp³-hybridized carbons (Fsp3) is 0.462. The minimum atomic E-state index is 0.0210. The molecule has 1 unspecified atom stereocenters. The van der Waals surface area contributed by atoms with Crippen molar-refractivity contribution in [2.24, 2.45) is 0 Å². The van der Waals surface area contributed by atoms with Gasteiger partial charge in [0, 0.05) is 16.5 Å². The van der Waals surface area contributed by atoms with Gasteiger partial charge in [0.2, 0.25) is 0 Å². The Morgan fingerprint density at radius 2 is 2.33 bits per heavy atom. The molecular weight excluding hydrogens is 296 g/mol. The number of benzene rings is 1. The van der Waals surface area contributed by atoms with E-state index in [9.17, 15) is 5.11 Å². The van der Waals surface area contributed by atoms with Crippen LogP contribution in [0.1, 0.15) is 31.1 Å². The van der Waals surface area contributed by atoms with Crippen LogP contribution in [0.15, 0.2) is 22.8 Å². The number of aliphatic hydroxyl groups is 1. The second-order valence-corrected chi connectivity index (χ2v) is 5.48. The van der Waals surface area contributed by atoms with E-state index in [0.29, 0.717) is 0 Å². The smallest absolute Gasteiger partial charge is 0.150 e. The van der Waals surface area contributed by atoms with Gasteiger partial charge < -0.3 is 9.84 Å². The van der Waals surface area contributed by atoms with E-state index in [0.717, 1.165) is 40.4 Å². The van der Waals surface area contributed by atoms with Gasteiger partial charge in [-0.2, -0.15) is 5.10 Å². The van der Waals surface area contributed by atoms with Crippen LogP contribution in [-0.4, -0.2) is 21.5 Å². The van der Waals surface area contributed by atoms with E-state index in [1.165, 1.54) is 6.42 Å². The molecule has 4 nitrogen and oxygen atoms in total. The molecule has 0 spiro atoms. The highest BCUT2D eigenvalue weighted by molar-refractivity contribution is 9.10. The molecule has 5 heteroatoms. The summed E-state index contributed by atoms with van der Waals surface area (Å²) in [6.07, 6.45) is 5.13. The average Bonchev–Trinajstić information content (AvgIpc) is 2.82. The predicted molar refractivity (Wildman–Crippen MR) is 72.2 cm³/mol. The first-order valence-corrected chi connectivity index (χ1v) is 6.97. The van der Waals surface area contributed by atoms with Crippen LogP contribution < -0.4 is 0 Å². The Bertz CT molecular complexity index is 561. The topological polar surface area (TPSA) is 47.3 Å². The number of rotatable bonds is 2. The lowest BCUT2D eigenvalue weighted by Crippen LogP contribution is -2.18. The van der Waals surface area contributed by atoms with Gasteiger partial charge in [-0.1, -0.05) is 15.9 Å². The van der Waals surface area contributed by atoms with E-state index >= 15 is 0 Å². The van der Waals surface area contributed by atoms with Gasteiger partial charge in [-0.3, -0.25) is 0 Å². The summed E-state index contributed by atoms with van der Waals surface area (Å²) in [7, 11) is 0. The maximum absolute atomic E-state index is 9.39. The number of aliphatic hydroxyl groups excluding tert-OH is 1. The van der Waals surface area contributed by atoms with Gasteiger partial charge >= 0.3 is 0 Å². The van der Waals surface area contributed by atoms with Crippen molar-refractivity contribution in [2.45, 2.75) is 32.1 Å². The van der Waals surface area contributed by atoms with Crippen LogP contribution in [-0.2, 0) is 11.3 Å². The Balaban J connectivity index is 2.10. The summed E-state index contributed by atoms with van der Waals surface area (Å²) in [5.41, 5.74) is 1.90. The molecule has 0 aliphatic carbocycles. The van der Waals surface area contributed by atoms with E-state index in [-0.39, 0.29) is 12.8 Å². The molecule has 2 heterocycles. The van der Waals surface area contributed by atoms with E-state index in [4.69, 9.17) is 4.74 Å². The van der Waals surface area contributed by atoms with Crippen molar-refractivity contribution in [1.29, 1.82) is 0 Å². The molecule has 1 atom stereocenters. The van der Waals surface area contributed by atoms with Crippen molar-refractivity contribution in [1.82, 2.24) is 9.78 Å². The van der Waals surface area contributed by atoms with E-state index in [1.807, 2.05) is 23.0 Å². The first kappa shape index (κ1) is 12.1. The van der Waals surface area contributed by atoms with Crippen molar-refractivity contribution in [3.8, 4) is 0 Å². The second-order valence-electron chi connectivity index (χ2n) is 4.57. The number of fused-ring (bicyclic) bond motifs is 1. The molecule has 3 rings (SSSR count). The van der Waals surface area contributed by atoms with E-state index in [1.54, 1.807) is 0 Å². The molecule has 1 aliphatic heterocycles. The molecule has 0 amide bonds. The van der Waals surface area contributed by atoms with Crippen LogP contribution in [0, 0.1) is 0 Å². The van der Waals surface area contributed by atoms with Crippen LogP contribution >= 0.6 is 15.9 Å². The largest absolute Gasteiger partial charge is 0.392 e. The zero-order chi connectivity index (χ0) is 12.5. The quantitative estimate of drug-likeness (QED) is 0.927. The van der Waals surface area contributed by atoms with Crippen molar-refractivity contribution in [3.63, 3.8) is 0 Å². The highest BCUT2D eigenvalue weighted by Crippen LogP contribution is 2.29. The summed E-state index contributed by atoms with van der Waals surface area (Å²) in [6, 6.07) is 3.95. The molecule has 1 saturated heterocycles. The predicted octanol–water partition coefficient (Wildman–Crippen LogP) is 2.99. The third-order valence-electron chi connectivity index (χ3n) is 3.37. The number of hydrogen-bond donors (Lipinski definition) is 1. The van der Waals surface area contributed by atoms with Gasteiger partial charge in [0.1, 0.15) is 0 Å². The van der Waals surface area contributed by atoms with Crippen LogP contribution in [0.25, 0.3) is 10.9 Å². The van der Waals surface area contributed by atoms with E-state index in [2.05, 4.69) is 21.0 Å². The van der Waals surface area contributed by atoms with Gasteiger partial charge in [-0.05, 0) is 37.0 Å². The number of aromatic nitrogens is 2. The Morgan fingerprint density at radius 1 is 1.44 bits per heavy atom. The van der Waals surface area contributed by atoms with Gasteiger partial charge in [0.25, 0.3) is 0 Å². The lowest BCUT2D eigenvalue weighted by atomic mass is 10.1. The normalized spacial score (nSPS) is 20.4. The monoisotopic (exact) mass is 310 g/mol. The Morgan fingerprint density at radius 3 is 3.06 bits per heavy atom. The minimum absolute atomic E-state index is 0.0210. The molecule has 1 aromatic carbocycles. The summed E-state index contributed by atoms with van der Waals surface area (Å²) in [5, 5.41) is 14.8. The van der Waals surface area contributed by atoms with Gasteiger partial charge in [0.05, 0.1) is 18.3 Å². The molecule has 0 bridgehead atoms. The zero-order valence-corrected chi connectivity index (χ0v) is 11.6. The Kier molecular flexibility index (Phi) is 3.37. The van der Waals surface area contributed by atoms with Crippen molar-refractivity contribution >= 4 is 26.8 Å². The minimum Gasteiger partial charge on any atom is -0.392 e. The summed E-state index contributed by atoms with van der Waals surface area (Å²) in [4.78, 5) is 0. The maximum Gasteiger partial charge on any atom is 0.150 e. The average molecular weight is 311 g/mol. The van der Waals surface area contributed by atoms with Crippen LogP contribution in [0.3, 0.4) is 0 Å². The number of halogens is 1. The zero-order valence-electron chi connectivity index (χ0n) is 9.97. The standard InChI is InChI=1S/C13H15BrN2O2/c14-10-5-9(8-17)11-7-15-16(12(11)6-10)13-3-1-2-4-18-13/h5-7,13,17H,1-4,8H2. The number of ether oxygens (including phenoxy) is 1. The lowest BCUT2D eigenvalue weighted by molar-refractivity contribution is -0.0366. The van der Waals surface area contributed by atoms with Gasteiger partial charge in [-0.25, -0.2) is 4.68 Å². The van der Waals surface area contributed by atoms with E-state index < -0.39 is 0 Å². The molecule has 96 valence electrons. The van der Waals surface area contributed by atoms with Gasteiger partial charge in [0.15, 0.2) is 6.23 Å². The molecule has 0 saturated carbocycles. The fourth-order valence-electron chi connectivity index (χ4n) is 2.46. The summed E-state index contributed by atoms with van der Waals surface area (Å²) in [6.45, 7) is 0.819. The SMILES string of the molecule is OCc1cc(Br)cc2c1cnn2C1CCCCO1. The van der Waals surface area contributed by atoms with Crippen molar-refractivity contribution < 1.29 is 9.84 Å². The van der Waals surface area contributed by atoms with Crippen LogP contribution in [0.5, 0.6) is 0 Å². The Labute approximate surface area is 114 Å². The number of hydrogen-bond acceptors (Lipinski definition) is 3. The highest BCUT2D eigenvalue weighted by atomic mass is 79.9. The third kappa shape index (κ3) is 2.06. The first-order valence-electron chi connectivity index (χ1n) is 6.17. The molecule has 0 radical (unpaired) electrons.